The standard InChI is InChI=1S/C13H26N2O/c1-6-13(4)8-10(15-11(16)14-5)7-12(2,3)9-13/h10H,6-9H2,1-5H3,(H2,14,15,16). The van der Waals surface area contributed by atoms with Gasteiger partial charge >= 0.3 is 6.03 Å². The zero-order valence-electron chi connectivity index (χ0n) is 11.3. The van der Waals surface area contributed by atoms with E-state index in [-0.39, 0.29) is 6.03 Å². The summed E-state index contributed by atoms with van der Waals surface area (Å²) in [6.45, 7) is 9.20. The first-order chi connectivity index (χ1) is 7.30. The van der Waals surface area contributed by atoms with E-state index >= 15 is 0 Å². The summed E-state index contributed by atoms with van der Waals surface area (Å²) < 4.78 is 0. The molecule has 2 unspecified atom stereocenters. The Morgan fingerprint density at radius 1 is 1.31 bits per heavy atom. The quantitative estimate of drug-likeness (QED) is 0.747. The molecule has 16 heavy (non-hydrogen) atoms. The van der Waals surface area contributed by atoms with Crippen molar-refractivity contribution >= 4 is 6.03 Å². The molecular formula is C13H26N2O. The number of amides is 2. The molecule has 3 nitrogen and oxygen atoms in total. The molecule has 0 heterocycles. The maximum absolute atomic E-state index is 11.4. The Hall–Kier alpha value is -0.730. The molecule has 2 atom stereocenters. The van der Waals surface area contributed by atoms with Crippen molar-refractivity contribution in [3.63, 3.8) is 0 Å². The van der Waals surface area contributed by atoms with Crippen LogP contribution in [0.15, 0.2) is 0 Å². The molecule has 3 heteroatoms. The lowest BCUT2D eigenvalue weighted by Crippen LogP contribution is -2.48. The largest absolute Gasteiger partial charge is 0.341 e. The third kappa shape index (κ3) is 3.39. The van der Waals surface area contributed by atoms with Gasteiger partial charge in [0.1, 0.15) is 0 Å². The van der Waals surface area contributed by atoms with Gasteiger partial charge in [0.05, 0.1) is 0 Å². The number of hydrogen-bond donors (Lipinski definition) is 2. The molecule has 1 saturated carbocycles. The molecule has 1 aliphatic rings. The van der Waals surface area contributed by atoms with E-state index in [0.29, 0.717) is 16.9 Å². The van der Waals surface area contributed by atoms with Crippen molar-refractivity contribution in [1.82, 2.24) is 10.6 Å². The molecule has 1 aliphatic carbocycles. The zero-order chi connectivity index (χ0) is 12.4. The van der Waals surface area contributed by atoms with Crippen LogP contribution in [0.4, 0.5) is 4.79 Å². The smallest absolute Gasteiger partial charge is 0.314 e. The summed E-state index contributed by atoms with van der Waals surface area (Å²) in [5.74, 6) is 0. The van der Waals surface area contributed by atoms with E-state index < -0.39 is 0 Å². The van der Waals surface area contributed by atoms with Crippen molar-refractivity contribution in [2.75, 3.05) is 7.05 Å². The van der Waals surface area contributed by atoms with Crippen LogP contribution in [0.5, 0.6) is 0 Å². The predicted octanol–water partition coefficient (Wildman–Crippen LogP) is 2.91. The minimum absolute atomic E-state index is 0.0545. The van der Waals surface area contributed by atoms with E-state index in [0.717, 1.165) is 12.8 Å². The highest BCUT2D eigenvalue weighted by Gasteiger charge is 2.40. The van der Waals surface area contributed by atoms with Crippen molar-refractivity contribution in [2.24, 2.45) is 10.8 Å². The van der Waals surface area contributed by atoms with Gasteiger partial charge in [-0.05, 0) is 30.1 Å². The second-order valence-electron chi connectivity index (χ2n) is 6.33. The Morgan fingerprint density at radius 2 is 1.94 bits per heavy atom. The summed E-state index contributed by atoms with van der Waals surface area (Å²) in [6.07, 6.45) is 4.61. The molecule has 0 aliphatic heterocycles. The Morgan fingerprint density at radius 3 is 2.44 bits per heavy atom. The van der Waals surface area contributed by atoms with Crippen LogP contribution in [0.25, 0.3) is 0 Å². The van der Waals surface area contributed by atoms with E-state index in [2.05, 4.69) is 38.3 Å². The van der Waals surface area contributed by atoms with E-state index in [1.165, 1.54) is 12.8 Å². The van der Waals surface area contributed by atoms with Crippen molar-refractivity contribution in [3.05, 3.63) is 0 Å². The van der Waals surface area contributed by atoms with E-state index in [1.807, 2.05) is 0 Å². The molecule has 2 amide bonds. The van der Waals surface area contributed by atoms with Gasteiger partial charge in [0, 0.05) is 13.1 Å². The van der Waals surface area contributed by atoms with Gasteiger partial charge in [0.15, 0.2) is 0 Å². The second-order valence-corrected chi connectivity index (χ2v) is 6.33. The van der Waals surface area contributed by atoms with Gasteiger partial charge in [-0.15, -0.1) is 0 Å². The van der Waals surface area contributed by atoms with E-state index in [9.17, 15) is 4.79 Å². The average Bonchev–Trinajstić information content (AvgIpc) is 2.14. The first kappa shape index (κ1) is 13.3. The first-order valence-corrected chi connectivity index (χ1v) is 6.28. The number of nitrogens with one attached hydrogen (secondary N) is 2. The SMILES string of the molecule is CCC1(C)CC(NC(=O)NC)CC(C)(C)C1. The number of hydrogen-bond acceptors (Lipinski definition) is 1. The van der Waals surface area contributed by atoms with Crippen LogP contribution in [0.2, 0.25) is 0 Å². The fourth-order valence-corrected chi connectivity index (χ4v) is 3.26. The molecule has 1 rings (SSSR count). The molecule has 1 fully saturated rings. The topological polar surface area (TPSA) is 41.1 Å². The maximum atomic E-state index is 11.4. The van der Waals surface area contributed by atoms with Gasteiger partial charge in [-0.25, -0.2) is 4.79 Å². The van der Waals surface area contributed by atoms with Crippen LogP contribution in [-0.4, -0.2) is 19.1 Å². The van der Waals surface area contributed by atoms with Crippen molar-refractivity contribution in [2.45, 2.75) is 59.4 Å². The lowest BCUT2D eigenvalue weighted by molar-refractivity contribution is 0.0710. The number of carbonyl (C=O) groups excluding carboxylic acids is 1. The minimum Gasteiger partial charge on any atom is -0.341 e. The van der Waals surface area contributed by atoms with Crippen LogP contribution in [0, 0.1) is 10.8 Å². The van der Waals surface area contributed by atoms with Gasteiger partial charge in [0.2, 0.25) is 0 Å². The van der Waals surface area contributed by atoms with Crippen LogP contribution in [0.1, 0.15) is 53.4 Å². The zero-order valence-corrected chi connectivity index (χ0v) is 11.3. The molecule has 2 N–H and O–H groups in total. The van der Waals surface area contributed by atoms with Gasteiger partial charge in [-0.1, -0.05) is 34.1 Å². The van der Waals surface area contributed by atoms with Crippen LogP contribution >= 0.6 is 0 Å². The fraction of sp³-hybridized carbons (Fsp3) is 0.923. The summed E-state index contributed by atoms with van der Waals surface area (Å²) in [6, 6.07) is 0.259. The third-order valence-corrected chi connectivity index (χ3v) is 3.86. The molecule has 0 spiro atoms. The summed E-state index contributed by atoms with van der Waals surface area (Å²) in [4.78, 5) is 11.4. The third-order valence-electron chi connectivity index (χ3n) is 3.86. The Balaban J connectivity index is 2.69. The van der Waals surface area contributed by atoms with E-state index in [4.69, 9.17) is 0 Å². The Kier molecular flexibility index (Phi) is 3.87. The fourth-order valence-electron chi connectivity index (χ4n) is 3.26. The second kappa shape index (κ2) is 4.64. The number of urea groups is 1. The molecule has 0 radical (unpaired) electrons. The summed E-state index contributed by atoms with van der Waals surface area (Å²) >= 11 is 0. The monoisotopic (exact) mass is 226 g/mol. The molecule has 0 aromatic rings. The number of carbonyl (C=O) groups is 1. The predicted molar refractivity (Wildman–Crippen MR) is 67.4 cm³/mol. The van der Waals surface area contributed by atoms with Crippen LogP contribution < -0.4 is 10.6 Å². The molecule has 0 bridgehead atoms. The lowest BCUT2D eigenvalue weighted by Gasteiger charge is -2.46. The van der Waals surface area contributed by atoms with E-state index in [1.54, 1.807) is 7.05 Å². The van der Waals surface area contributed by atoms with Crippen molar-refractivity contribution < 1.29 is 4.79 Å². The first-order valence-electron chi connectivity index (χ1n) is 6.28. The molecular weight excluding hydrogens is 200 g/mol. The maximum Gasteiger partial charge on any atom is 0.314 e. The highest BCUT2D eigenvalue weighted by molar-refractivity contribution is 5.73. The Labute approximate surface area is 99.4 Å². The van der Waals surface area contributed by atoms with Crippen LogP contribution in [-0.2, 0) is 0 Å². The molecule has 0 saturated heterocycles. The molecule has 94 valence electrons. The lowest BCUT2D eigenvalue weighted by atomic mass is 9.62. The van der Waals surface area contributed by atoms with Gasteiger partial charge < -0.3 is 10.6 Å². The average molecular weight is 226 g/mol. The van der Waals surface area contributed by atoms with Crippen molar-refractivity contribution in [1.29, 1.82) is 0 Å². The summed E-state index contributed by atoms with van der Waals surface area (Å²) in [7, 11) is 1.67. The summed E-state index contributed by atoms with van der Waals surface area (Å²) in [5.41, 5.74) is 0.697. The highest BCUT2D eigenvalue weighted by atomic mass is 16.2. The minimum atomic E-state index is -0.0545. The number of rotatable bonds is 2. The molecule has 0 aromatic carbocycles. The normalized spacial score (nSPS) is 33.2. The van der Waals surface area contributed by atoms with Gasteiger partial charge in [0.25, 0.3) is 0 Å². The summed E-state index contributed by atoms with van der Waals surface area (Å²) in [5, 5.41) is 5.70. The molecule has 0 aromatic heterocycles. The van der Waals surface area contributed by atoms with Crippen LogP contribution in [0.3, 0.4) is 0 Å². The van der Waals surface area contributed by atoms with Gasteiger partial charge in [-0.3, -0.25) is 0 Å². The van der Waals surface area contributed by atoms with Crippen molar-refractivity contribution in [3.8, 4) is 0 Å². The van der Waals surface area contributed by atoms with Gasteiger partial charge in [-0.2, -0.15) is 0 Å². The Bertz CT molecular complexity index is 263. The highest BCUT2D eigenvalue weighted by Crippen LogP contribution is 2.47.